The maximum absolute atomic E-state index is 3.46. The van der Waals surface area contributed by atoms with Gasteiger partial charge < -0.3 is 5.32 Å². The van der Waals surface area contributed by atoms with E-state index in [1.807, 2.05) is 0 Å². The SMILES string of the molecule is CNC1CCC[C@H](N2CCN(C(C)C)CC2)C1. The van der Waals surface area contributed by atoms with E-state index in [2.05, 4.69) is 36.0 Å². The predicted octanol–water partition coefficient (Wildman–Crippen LogP) is 1.54. The second-order valence-corrected chi connectivity index (χ2v) is 5.97. The molecule has 0 spiro atoms. The van der Waals surface area contributed by atoms with Crippen LogP contribution < -0.4 is 5.32 Å². The molecule has 2 rings (SSSR count). The molecule has 1 unspecified atom stereocenters. The van der Waals surface area contributed by atoms with Crippen LogP contribution in [-0.4, -0.2) is 61.2 Å². The summed E-state index contributed by atoms with van der Waals surface area (Å²) in [6, 6.07) is 2.32. The largest absolute Gasteiger partial charge is 0.317 e. The molecule has 17 heavy (non-hydrogen) atoms. The van der Waals surface area contributed by atoms with Crippen LogP contribution in [0, 0.1) is 0 Å². The van der Waals surface area contributed by atoms with E-state index in [0.717, 1.165) is 12.1 Å². The smallest absolute Gasteiger partial charge is 0.0113 e. The van der Waals surface area contributed by atoms with Gasteiger partial charge in [0.25, 0.3) is 0 Å². The fourth-order valence-corrected chi connectivity index (χ4v) is 3.38. The highest BCUT2D eigenvalue weighted by Crippen LogP contribution is 2.24. The van der Waals surface area contributed by atoms with Crippen molar-refractivity contribution in [2.45, 2.75) is 57.7 Å². The molecule has 0 bridgehead atoms. The van der Waals surface area contributed by atoms with Gasteiger partial charge in [-0.25, -0.2) is 0 Å². The lowest BCUT2D eigenvalue weighted by Crippen LogP contribution is -2.54. The Hall–Kier alpha value is -0.120. The van der Waals surface area contributed by atoms with E-state index in [-0.39, 0.29) is 0 Å². The average Bonchev–Trinajstić information content (AvgIpc) is 2.39. The summed E-state index contributed by atoms with van der Waals surface area (Å²) in [7, 11) is 2.11. The molecule has 3 heteroatoms. The van der Waals surface area contributed by atoms with E-state index in [1.165, 1.54) is 51.9 Å². The lowest BCUT2D eigenvalue weighted by molar-refractivity contribution is 0.0591. The molecule has 2 aliphatic rings. The maximum atomic E-state index is 3.46. The van der Waals surface area contributed by atoms with Crippen molar-refractivity contribution in [2.75, 3.05) is 33.2 Å². The number of nitrogens with zero attached hydrogens (tertiary/aromatic N) is 2. The molecule has 2 atom stereocenters. The van der Waals surface area contributed by atoms with Gasteiger partial charge in [0.2, 0.25) is 0 Å². The molecule has 1 saturated heterocycles. The Balaban J connectivity index is 1.80. The van der Waals surface area contributed by atoms with Crippen LogP contribution in [0.4, 0.5) is 0 Å². The summed E-state index contributed by atoms with van der Waals surface area (Å²) in [6.07, 6.45) is 5.55. The summed E-state index contributed by atoms with van der Waals surface area (Å²) in [5.41, 5.74) is 0. The summed E-state index contributed by atoms with van der Waals surface area (Å²) in [5.74, 6) is 0. The normalized spacial score (nSPS) is 33.2. The van der Waals surface area contributed by atoms with E-state index in [4.69, 9.17) is 0 Å². The Kier molecular flexibility index (Phi) is 4.83. The molecular weight excluding hydrogens is 210 g/mol. The van der Waals surface area contributed by atoms with Gasteiger partial charge in [0.05, 0.1) is 0 Å². The van der Waals surface area contributed by atoms with Crippen molar-refractivity contribution in [2.24, 2.45) is 0 Å². The lowest BCUT2D eigenvalue weighted by Gasteiger charge is -2.43. The molecule has 100 valence electrons. The first-order valence-electron chi connectivity index (χ1n) is 7.36. The summed E-state index contributed by atoms with van der Waals surface area (Å²) < 4.78 is 0. The average molecular weight is 239 g/mol. The highest BCUT2D eigenvalue weighted by Gasteiger charge is 2.28. The van der Waals surface area contributed by atoms with Crippen LogP contribution in [0.25, 0.3) is 0 Å². The second-order valence-electron chi connectivity index (χ2n) is 5.97. The first-order valence-corrected chi connectivity index (χ1v) is 7.36. The third kappa shape index (κ3) is 3.43. The number of rotatable bonds is 3. The van der Waals surface area contributed by atoms with Crippen molar-refractivity contribution in [1.29, 1.82) is 0 Å². The highest BCUT2D eigenvalue weighted by atomic mass is 15.3. The molecule has 0 aromatic carbocycles. The van der Waals surface area contributed by atoms with Crippen molar-refractivity contribution in [3.63, 3.8) is 0 Å². The zero-order chi connectivity index (χ0) is 12.3. The Labute approximate surface area is 107 Å². The van der Waals surface area contributed by atoms with Crippen LogP contribution >= 0.6 is 0 Å². The molecule has 2 fully saturated rings. The summed E-state index contributed by atoms with van der Waals surface area (Å²) in [5, 5.41) is 3.46. The molecule has 0 aromatic rings. The third-order valence-electron chi connectivity index (χ3n) is 4.65. The van der Waals surface area contributed by atoms with Gasteiger partial charge in [-0.2, -0.15) is 0 Å². The number of hydrogen-bond acceptors (Lipinski definition) is 3. The lowest BCUT2D eigenvalue weighted by atomic mass is 9.89. The minimum Gasteiger partial charge on any atom is -0.317 e. The molecule has 0 aromatic heterocycles. The summed E-state index contributed by atoms with van der Waals surface area (Å²) >= 11 is 0. The van der Waals surface area contributed by atoms with Crippen LogP contribution in [-0.2, 0) is 0 Å². The van der Waals surface area contributed by atoms with Crippen molar-refractivity contribution in [3.05, 3.63) is 0 Å². The highest BCUT2D eigenvalue weighted by molar-refractivity contribution is 4.86. The van der Waals surface area contributed by atoms with Crippen LogP contribution in [0.5, 0.6) is 0 Å². The van der Waals surface area contributed by atoms with Crippen molar-refractivity contribution in [1.82, 2.24) is 15.1 Å². The number of nitrogens with one attached hydrogen (secondary N) is 1. The van der Waals surface area contributed by atoms with Crippen molar-refractivity contribution < 1.29 is 0 Å². The molecule has 1 saturated carbocycles. The minimum atomic E-state index is 0.716. The second kappa shape index (κ2) is 6.17. The molecule has 1 heterocycles. The third-order valence-corrected chi connectivity index (χ3v) is 4.65. The summed E-state index contributed by atoms with van der Waals surface area (Å²) in [4.78, 5) is 5.34. The van der Waals surface area contributed by atoms with Crippen LogP contribution in [0.15, 0.2) is 0 Å². The molecule has 1 aliphatic carbocycles. The molecule has 1 N–H and O–H groups in total. The van der Waals surface area contributed by atoms with E-state index in [9.17, 15) is 0 Å². The van der Waals surface area contributed by atoms with Crippen LogP contribution in [0.1, 0.15) is 39.5 Å². The number of piperazine rings is 1. The quantitative estimate of drug-likeness (QED) is 0.806. The van der Waals surface area contributed by atoms with Crippen LogP contribution in [0.3, 0.4) is 0 Å². The predicted molar refractivity (Wildman–Crippen MR) is 73.4 cm³/mol. The molecular formula is C14H29N3. The van der Waals surface area contributed by atoms with Gasteiger partial charge in [0.1, 0.15) is 0 Å². The Morgan fingerprint density at radius 3 is 2.35 bits per heavy atom. The number of hydrogen-bond donors (Lipinski definition) is 1. The van der Waals surface area contributed by atoms with Gasteiger partial charge in [-0.3, -0.25) is 9.80 Å². The zero-order valence-electron chi connectivity index (χ0n) is 11.8. The fraction of sp³-hybridized carbons (Fsp3) is 1.00. The Morgan fingerprint density at radius 2 is 1.76 bits per heavy atom. The molecule has 3 nitrogen and oxygen atoms in total. The van der Waals surface area contributed by atoms with E-state index >= 15 is 0 Å². The minimum absolute atomic E-state index is 0.716. The van der Waals surface area contributed by atoms with Gasteiger partial charge in [-0.05, 0) is 40.2 Å². The fourth-order valence-electron chi connectivity index (χ4n) is 3.38. The van der Waals surface area contributed by atoms with Crippen molar-refractivity contribution >= 4 is 0 Å². The topological polar surface area (TPSA) is 18.5 Å². The van der Waals surface area contributed by atoms with Gasteiger partial charge in [-0.15, -0.1) is 0 Å². The monoisotopic (exact) mass is 239 g/mol. The van der Waals surface area contributed by atoms with E-state index in [1.54, 1.807) is 0 Å². The van der Waals surface area contributed by atoms with E-state index < -0.39 is 0 Å². The Morgan fingerprint density at radius 1 is 1.06 bits per heavy atom. The van der Waals surface area contributed by atoms with Gasteiger partial charge >= 0.3 is 0 Å². The maximum Gasteiger partial charge on any atom is 0.0113 e. The van der Waals surface area contributed by atoms with Crippen molar-refractivity contribution in [3.8, 4) is 0 Å². The Bertz CT molecular complexity index is 222. The molecule has 0 radical (unpaired) electrons. The first-order chi connectivity index (χ1) is 8.20. The van der Waals surface area contributed by atoms with Gasteiger partial charge in [0, 0.05) is 44.3 Å². The summed E-state index contributed by atoms with van der Waals surface area (Å²) in [6.45, 7) is 9.70. The zero-order valence-corrected chi connectivity index (χ0v) is 11.8. The molecule has 1 aliphatic heterocycles. The van der Waals surface area contributed by atoms with Crippen LogP contribution in [0.2, 0.25) is 0 Å². The van der Waals surface area contributed by atoms with Gasteiger partial charge in [0.15, 0.2) is 0 Å². The first kappa shape index (κ1) is 13.3. The van der Waals surface area contributed by atoms with Gasteiger partial charge in [-0.1, -0.05) is 6.42 Å². The standard InChI is InChI=1S/C14H29N3/c1-12(2)16-7-9-17(10-8-16)14-6-4-5-13(11-14)15-3/h12-15H,4-11H2,1-3H3/t13?,14-/m0/s1. The van der Waals surface area contributed by atoms with E-state index in [0.29, 0.717) is 6.04 Å². The molecule has 0 amide bonds.